The fourth-order valence-corrected chi connectivity index (χ4v) is 4.58. The van der Waals surface area contributed by atoms with Gasteiger partial charge >= 0.3 is 6.09 Å². The monoisotopic (exact) mass is 646 g/mol. The second kappa shape index (κ2) is 12.7. The zero-order chi connectivity index (χ0) is 28.1. The van der Waals surface area contributed by atoms with Gasteiger partial charge in [0.15, 0.2) is 0 Å². The average molecular weight is 647 g/mol. The first-order valence-electron chi connectivity index (χ1n) is 12.1. The first-order chi connectivity index (χ1) is 17.0. The molecule has 0 aromatic heterocycles. The number of nitrogens with one attached hydrogen (secondary N) is 3. The third-order valence-corrected chi connectivity index (χ3v) is 7.23. The second-order valence-electron chi connectivity index (χ2n) is 11.3. The summed E-state index contributed by atoms with van der Waals surface area (Å²) in [4.78, 5) is 41.3. The van der Waals surface area contributed by atoms with Crippen LogP contribution in [0.4, 0.5) is 4.79 Å². The van der Waals surface area contributed by atoms with E-state index in [1.807, 2.05) is 52.0 Å². The highest BCUT2D eigenvalue weighted by Crippen LogP contribution is 2.27. The Bertz CT molecular complexity index is 1020. The first-order valence-corrected chi connectivity index (χ1v) is 13.7. The smallest absolute Gasteiger partial charge is 0.408 e. The molecule has 9 nitrogen and oxygen atoms in total. The van der Waals surface area contributed by atoms with Gasteiger partial charge in [-0.25, -0.2) is 4.79 Å². The summed E-state index contributed by atoms with van der Waals surface area (Å²) in [6.45, 7) is 12.9. The van der Waals surface area contributed by atoms with Crippen molar-refractivity contribution in [1.82, 2.24) is 19.1 Å². The number of amides is 3. The van der Waals surface area contributed by atoms with Crippen LogP contribution in [0.25, 0.3) is 4.91 Å². The zero-order valence-electron chi connectivity index (χ0n) is 22.5. The minimum absolute atomic E-state index is 0.00937. The fraction of sp³-hybridized carbons (Fsp3) is 0.577. The highest BCUT2D eigenvalue weighted by molar-refractivity contribution is 14.1. The topological polar surface area (TPSA) is 120 Å². The van der Waals surface area contributed by atoms with E-state index in [0.717, 1.165) is 21.7 Å². The molecule has 1 aromatic carbocycles. The maximum atomic E-state index is 13.6. The Morgan fingerprint density at radius 1 is 1.16 bits per heavy atom. The Balaban J connectivity index is 2.12. The van der Waals surface area contributed by atoms with Gasteiger partial charge in [0.05, 0.1) is 29.0 Å². The molecule has 3 amide bonds. The van der Waals surface area contributed by atoms with Gasteiger partial charge < -0.3 is 28.9 Å². The number of rotatable bonds is 7. The molecule has 0 spiro atoms. The molecule has 1 saturated heterocycles. The number of carbonyl (C=O) groups is 3. The lowest BCUT2D eigenvalue weighted by atomic mass is 9.85. The van der Waals surface area contributed by atoms with Gasteiger partial charge in [-0.2, -0.15) is 0 Å². The number of likely N-dealkylation sites (tertiary alicyclic amines) is 1. The molecule has 206 valence electrons. The van der Waals surface area contributed by atoms with E-state index in [1.165, 1.54) is 4.90 Å². The number of benzene rings is 1. The summed E-state index contributed by atoms with van der Waals surface area (Å²) in [6, 6.07) is 5.85. The van der Waals surface area contributed by atoms with Crippen LogP contribution in [0.5, 0.6) is 0 Å². The predicted octanol–water partition coefficient (Wildman–Crippen LogP) is 3.76. The Hall–Kier alpha value is -1.99. The highest BCUT2D eigenvalue weighted by atomic mass is 127. The van der Waals surface area contributed by atoms with E-state index in [1.54, 1.807) is 20.8 Å². The molecule has 1 aromatic rings. The normalized spacial score (nSPS) is 19.6. The van der Waals surface area contributed by atoms with Crippen molar-refractivity contribution in [2.24, 2.45) is 5.41 Å². The number of hydrogen-bond donors (Lipinski definition) is 5. The average Bonchev–Trinajstić information content (AvgIpc) is 3.19. The van der Waals surface area contributed by atoms with Gasteiger partial charge in [0, 0.05) is 30.1 Å². The van der Waals surface area contributed by atoms with Gasteiger partial charge in [-0.3, -0.25) is 9.59 Å². The van der Waals surface area contributed by atoms with Gasteiger partial charge in [-0.1, -0.05) is 45.0 Å². The van der Waals surface area contributed by atoms with Crippen LogP contribution >= 0.6 is 35.5 Å². The maximum absolute atomic E-state index is 13.6. The molecule has 11 heteroatoms. The lowest BCUT2D eigenvalue weighted by Crippen LogP contribution is -2.58. The van der Waals surface area contributed by atoms with Crippen LogP contribution < -0.4 is 14.2 Å². The Morgan fingerprint density at radius 3 is 2.27 bits per heavy atom. The van der Waals surface area contributed by atoms with Crippen LogP contribution in [0.3, 0.4) is 0 Å². The van der Waals surface area contributed by atoms with E-state index in [4.69, 9.17) is 4.74 Å². The van der Waals surface area contributed by atoms with E-state index in [0.29, 0.717) is 0 Å². The first kappa shape index (κ1) is 31.2. The summed E-state index contributed by atoms with van der Waals surface area (Å²) in [6.07, 6.45) is -1.43. The maximum Gasteiger partial charge on any atom is 0.408 e. The molecule has 1 heterocycles. The van der Waals surface area contributed by atoms with Crippen molar-refractivity contribution in [3.05, 3.63) is 41.1 Å². The molecule has 1 aliphatic heterocycles. The quantitative estimate of drug-likeness (QED) is 0.175. The third-order valence-electron chi connectivity index (χ3n) is 5.83. The van der Waals surface area contributed by atoms with Crippen molar-refractivity contribution < 1.29 is 24.2 Å². The molecule has 0 saturated carbocycles. The Labute approximate surface area is 239 Å². The van der Waals surface area contributed by atoms with Crippen molar-refractivity contribution >= 4 is 58.3 Å². The van der Waals surface area contributed by atoms with Crippen LogP contribution in [0.1, 0.15) is 66.0 Å². The molecule has 0 bridgehead atoms. The molecule has 3 atom stereocenters. The number of thiol groups is 1. The zero-order valence-corrected chi connectivity index (χ0v) is 25.6. The van der Waals surface area contributed by atoms with Gasteiger partial charge in [0.25, 0.3) is 0 Å². The lowest BCUT2D eigenvalue weighted by molar-refractivity contribution is -0.142. The molecule has 0 aliphatic carbocycles. The fourth-order valence-electron chi connectivity index (χ4n) is 3.89. The summed E-state index contributed by atoms with van der Waals surface area (Å²) in [5.41, 5.74) is 1.38. The Morgan fingerprint density at radius 2 is 1.76 bits per heavy atom. The summed E-state index contributed by atoms with van der Waals surface area (Å²) in [7, 11) is 0. The van der Waals surface area contributed by atoms with Gasteiger partial charge in [-0.15, -0.1) is 12.6 Å². The molecular formula is C26H39IN4O5S. The summed E-state index contributed by atoms with van der Waals surface area (Å²) >= 11 is 6.58. The van der Waals surface area contributed by atoms with Gasteiger partial charge in [-0.05, 0) is 44.2 Å². The van der Waals surface area contributed by atoms with E-state index in [-0.39, 0.29) is 25.4 Å². The molecule has 37 heavy (non-hydrogen) atoms. The van der Waals surface area contributed by atoms with Crippen LogP contribution in [-0.4, -0.2) is 58.2 Å². The van der Waals surface area contributed by atoms with Crippen LogP contribution in [0, 0.1) is 5.41 Å². The minimum Gasteiger partial charge on any atom is -0.444 e. The number of allylic oxidation sites excluding steroid dienone is 1. The van der Waals surface area contributed by atoms with Crippen LogP contribution in [-0.2, 0) is 20.9 Å². The van der Waals surface area contributed by atoms with Crippen molar-refractivity contribution in [1.29, 1.82) is 0 Å². The Kier molecular flexibility index (Phi) is 10.7. The third kappa shape index (κ3) is 9.06. The minimum atomic E-state index is -0.945. The number of aliphatic hydroxyl groups is 1. The van der Waals surface area contributed by atoms with Gasteiger partial charge in [0.1, 0.15) is 17.7 Å². The van der Waals surface area contributed by atoms with E-state index < -0.39 is 41.2 Å². The number of β-amino-alcohol motifs (C(OH)–C–C–N with tert-alkyl or cyclic N) is 1. The van der Waals surface area contributed by atoms with Crippen molar-refractivity contribution in [2.45, 2.75) is 85.2 Å². The molecule has 1 aliphatic rings. The summed E-state index contributed by atoms with van der Waals surface area (Å²) < 4.78 is 8.38. The standard InChI is InChI=1S/C26H39IN4O5S/c1-15(30-27)20(37)17-10-8-16(9-11-17)13-28-22(33)19-12-18(32)14-31(19)23(34)21(25(2,3)4)29-24(35)36-26(5,6)7/h8-11,18-19,21,30,32,37H,12-14H2,1-7H3,(H,28,33)(H,29,35)/b20-15-/t18-,19+,21-/m1/s1. The number of alkyl carbamates (subject to hydrolysis) is 1. The van der Waals surface area contributed by atoms with E-state index >= 15 is 0 Å². The van der Waals surface area contributed by atoms with Crippen LogP contribution in [0.15, 0.2) is 30.0 Å². The molecule has 2 rings (SSSR count). The van der Waals surface area contributed by atoms with Crippen molar-refractivity contribution in [3.63, 3.8) is 0 Å². The number of ether oxygens (including phenoxy) is 1. The molecule has 1 fully saturated rings. The molecule has 0 unspecified atom stereocenters. The summed E-state index contributed by atoms with van der Waals surface area (Å²) in [5, 5.41) is 15.9. The van der Waals surface area contributed by atoms with Crippen molar-refractivity contribution in [3.8, 4) is 0 Å². The summed E-state index contributed by atoms with van der Waals surface area (Å²) in [5.74, 6) is -0.801. The SMILES string of the molecule is C/C(NI)=C(/S)c1ccc(CNC(=O)[C@@H]2C[C@@H](O)CN2C(=O)[C@@H](NC(=O)OC(C)(C)C)C(C)(C)C)cc1. The number of carbonyl (C=O) groups excluding carboxylic acids is 3. The number of nitrogens with zero attached hydrogens (tertiary/aromatic N) is 1. The van der Waals surface area contributed by atoms with Crippen LogP contribution in [0.2, 0.25) is 0 Å². The van der Waals surface area contributed by atoms with E-state index in [2.05, 4.69) is 49.7 Å². The number of halogens is 1. The van der Waals surface area contributed by atoms with E-state index in [9.17, 15) is 19.5 Å². The predicted molar refractivity (Wildman–Crippen MR) is 156 cm³/mol. The lowest BCUT2D eigenvalue weighted by Gasteiger charge is -2.35. The number of hydrogen-bond acceptors (Lipinski definition) is 7. The largest absolute Gasteiger partial charge is 0.444 e. The second-order valence-corrected chi connectivity index (χ2v) is 12.3. The molecule has 0 radical (unpaired) electrons. The molecule has 4 N–H and O–H groups in total. The van der Waals surface area contributed by atoms with Gasteiger partial charge in [0.2, 0.25) is 11.8 Å². The highest BCUT2D eigenvalue weighted by Gasteiger charge is 2.44. The van der Waals surface area contributed by atoms with Crippen molar-refractivity contribution in [2.75, 3.05) is 6.54 Å². The molecular weight excluding hydrogens is 607 g/mol. The number of aliphatic hydroxyl groups excluding tert-OH is 1.